The van der Waals surface area contributed by atoms with Crippen LogP contribution in [0.3, 0.4) is 0 Å². The highest BCUT2D eigenvalue weighted by atomic mass is 14.8. The molecule has 0 aromatic rings. The summed E-state index contributed by atoms with van der Waals surface area (Å²) in [6.45, 7) is 7.60. The zero-order valence-corrected chi connectivity index (χ0v) is 9.32. The van der Waals surface area contributed by atoms with E-state index in [0.29, 0.717) is 5.41 Å². The molecule has 0 radical (unpaired) electrons. The van der Waals surface area contributed by atoms with Crippen molar-refractivity contribution in [3.63, 3.8) is 0 Å². The summed E-state index contributed by atoms with van der Waals surface area (Å²) in [5, 5.41) is 0. The maximum Gasteiger partial charge on any atom is -0.0158 e. The summed E-state index contributed by atoms with van der Waals surface area (Å²) in [5.74, 6) is 1.01. The van der Waals surface area contributed by atoms with Crippen LogP contribution in [-0.2, 0) is 0 Å². The Hall–Kier alpha value is 0. The van der Waals surface area contributed by atoms with E-state index in [-0.39, 0.29) is 0 Å². The predicted molar refractivity (Wildman–Crippen MR) is 55.5 cm³/mol. The summed E-state index contributed by atoms with van der Waals surface area (Å²) in [6.07, 6.45) is 9.16. The van der Waals surface area contributed by atoms with Crippen LogP contribution in [0.1, 0.15) is 59.3 Å². The molecule has 0 nitrogen and oxygen atoms in total. The molecule has 2 unspecified atom stereocenters. The summed E-state index contributed by atoms with van der Waals surface area (Å²) in [6, 6.07) is 0. The van der Waals surface area contributed by atoms with Crippen LogP contribution in [0.5, 0.6) is 0 Å². The third-order valence-corrected chi connectivity index (χ3v) is 5.78. The van der Waals surface area contributed by atoms with Crippen LogP contribution in [0.25, 0.3) is 0 Å². The molecule has 2 atom stereocenters. The Morgan fingerprint density at radius 1 is 1.08 bits per heavy atom. The van der Waals surface area contributed by atoms with E-state index < -0.39 is 0 Å². The quantitative estimate of drug-likeness (QED) is 0.526. The highest BCUT2D eigenvalue weighted by Crippen LogP contribution is 2.88. The average molecular weight is 178 g/mol. The fraction of sp³-hybridized carbons (Fsp3) is 1.00. The van der Waals surface area contributed by atoms with Gasteiger partial charge in [0.2, 0.25) is 0 Å². The van der Waals surface area contributed by atoms with Gasteiger partial charge in [0, 0.05) is 0 Å². The molecule has 0 saturated heterocycles. The second kappa shape index (κ2) is 1.99. The van der Waals surface area contributed by atoms with Gasteiger partial charge in [-0.15, -0.1) is 0 Å². The lowest BCUT2D eigenvalue weighted by molar-refractivity contribution is 0.0403. The van der Waals surface area contributed by atoms with E-state index in [1.165, 1.54) is 19.3 Å². The van der Waals surface area contributed by atoms with E-state index in [2.05, 4.69) is 20.8 Å². The van der Waals surface area contributed by atoms with Crippen LogP contribution < -0.4 is 0 Å². The predicted octanol–water partition coefficient (Wildman–Crippen LogP) is 4.00. The maximum atomic E-state index is 2.54. The van der Waals surface area contributed by atoms with E-state index in [1.807, 2.05) is 0 Å². The Morgan fingerprint density at radius 2 is 1.77 bits per heavy atom. The number of hydrogen-bond donors (Lipinski definition) is 0. The van der Waals surface area contributed by atoms with Gasteiger partial charge in [-0.25, -0.2) is 0 Å². The van der Waals surface area contributed by atoms with Crippen molar-refractivity contribution in [3.8, 4) is 0 Å². The lowest BCUT2D eigenvalue weighted by Crippen LogP contribution is -2.37. The lowest BCUT2D eigenvalue weighted by atomic mass is 9.60. The molecule has 0 amide bonds. The number of rotatable bonds is 0. The summed E-state index contributed by atoms with van der Waals surface area (Å²) in [4.78, 5) is 0. The molecule has 0 heteroatoms. The Kier molecular flexibility index (Phi) is 1.27. The van der Waals surface area contributed by atoms with Crippen molar-refractivity contribution in [3.05, 3.63) is 0 Å². The lowest BCUT2D eigenvalue weighted by Gasteiger charge is -2.45. The van der Waals surface area contributed by atoms with E-state index in [0.717, 1.165) is 16.7 Å². The molecule has 0 N–H and O–H groups in total. The molecule has 0 aliphatic heterocycles. The molecule has 0 aromatic heterocycles. The monoisotopic (exact) mass is 178 g/mol. The molecule has 0 aromatic carbocycles. The van der Waals surface area contributed by atoms with E-state index >= 15 is 0 Å². The summed E-state index contributed by atoms with van der Waals surface area (Å²) in [7, 11) is 0. The van der Waals surface area contributed by atoms with Gasteiger partial charge in [0.1, 0.15) is 0 Å². The molecule has 0 bridgehead atoms. The Bertz CT molecular complexity index is 247. The highest BCUT2D eigenvalue weighted by Gasteiger charge is 2.79. The van der Waals surface area contributed by atoms with Crippen molar-refractivity contribution < 1.29 is 0 Å². The van der Waals surface area contributed by atoms with E-state index in [9.17, 15) is 0 Å². The zero-order valence-electron chi connectivity index (χ0n) is 9.32. The van der Waals surface area contributed by atoms with Crippen molar-refractivity contribution >= 4 is 0 Å². The minimum absolute atomic E-state index is 0.654. The summed E-state index contributed by atoms with van der Waals surface area (Å²) >= 11 is 0. The SMILES string of the molecule is CC1CCCC(C)(C)C12CC21CC1. The van der Waals surface area contributed by atoms with Crippen LogP contribution in [0.2, 0.25) is 0 Å². The van der Waals surface area contributed by atoms with E-state index in [4.69, 9.17) is 0 Å². The third kappa shape index (κ3) is 0.750. The second-order valence-electron chi connectivity index (χ2n) is 6.61. The minimum atomic E-state index is 0.654. The average Bonchev–Trinajstić information content (AvgIpc) is 2.89. The van der Waals surface area contributed by atoms with Gasteiger partial charge in [-0.1, -0.05) is 33.6 Å². The molecule has 3 saturated carbocycles. The molecule has 0 heterocycles. The van der Waals surface area contributed by atoms with Gasteiger partial charge < -0.3 is 0 Å². The highest BCUT2D eigenvalue weighted by molar-refractivity contribution is 5.28. The van der Waals surface area contributed by atoms with Crippen molar-refractivity contribution in [2.75, 3.05) is 0 Å². The van der Waals surface area contributed by atoms with E-state index in [1.54, 1.807) is 19.3 Å². The first-order valence-corrected chi connectivity index (χ1v) is 6.04. The van der Waals surface area contributed by atoms with Gasteiger partial charge in [0.05, 0.1) is 0 Å². The molecule has 3 rings (SSSR count). The largest absolute Gasteiger partial charge is 0.0619 e. The van der Waals surface area contributed by atoms with Crippen LogP contribution in [0.4, 0.5) is 0 Å². The number of fused-ring (bicyclic) bond motifs is 1. The Labute approximate surface area is 82.1 Å². The smallest absolute Gasteiger partial charge is 0.0158 e. The minimum Gasteiger partial charge on any atom is -0.0619 e. The molecular formula is C13H22. The van der Waals surface area contributed by atoms with Crippen molar-refractivity contribution in [1.82, 2.24) is 0 Å². The Balaban J connectivity index is 1.98. The van der Waals surface area contributed by atoms with Crippen LogP contribution >= 0.6 is 0 Å². The van der Waals surface area contributed by atoms with Gasteiger partial charge in [-0.3, -0.25) is 0 Å². The van der Waals surface area contributed by atoms with Gasteiger partial charge in [0.15, 0.2) is 0 Å². The topological polar surface area (TPSA) is 0 Å². The molecular weight excluding hydrogens is 156 g/mol. The van der Waals surface area contributed by atoms with Gasteiger partial charge >= 0.3 is 0 Å². The van der Waals surface area contributed by atoms with Crippen LogP contribution in [-0.4, -0.2) is 0 Å². The third-order valence-electron chi connectivity index (χ3n) is 5.78. The first-order valence-electron chi connectivity index (χ1n) is 6.04. The normalized spacial score (nSPS) is 49.6. The summed E-state index contributed by atoms with van der Waals surface area (Å²) in [5.41, 5.74) is 2.32. The van der Waals surface area contributed by atoms with Crippen molar-refractivity contribution in [1.29, 1.82) is 0 Å². The van der Waals surface area contributed by atoms with Crippen LogP contribution in [0.15, 0.2) is 0 Å². The first kappa shape index (κ1) is 8.32. The van der Waals surface area contributed by atoms with Crippen molar-refractivity contribution in [2.45, 2.75) is 59.3 Å². The fourth-order valence-electron chi connectivity index (χ4n) is 4.90. The molecule has 3 fully saturated rings. The van der Waals surface area contributed by atoms with Gasteiger partial charge in [0.25, 0.3) is 0 Å². The van der Waals surface area contributed by atoms with Crippen LogP contribution in [0, 0.1) is 22.2 Å². The van der Waals surface area contributed by atoms with Gasteiger partial charge in [-0.05, 0) is 47.8 Å². The molecule has 2 spiro atoms. The Morgan fingerprint density at radius 3 is 2.23 bits per heavy atom. The first-order chi connectivity index (χ1) is 6.04. The standard InChI is InChI=1S/C13H22/c1-10-5-4-6-11(2,3)13(10)9-12(13)7-8-12/h10H,4-9H2,1-3H3. The zero-order chi connectivity index (χ0) is 9.32. The van der Waals surface area contributed by atoms with Gasteiger partial charge in [-0.2, -0.15) is 0 Å². The molecule has 74 valence electrons. The second-order valence-corrected chi connectivity index (χ2v) is 6.61. The molecule has 13 heavy (non-hydrogen) atoms. The summed E-state index contributed by atoms with van der Waals surface area (Å²) < 4.78 is 0. The molecule has 3 aliphatic carbocycles. The number of hydrogen-bond acceptors (Lipinski definition) is 0. The van der Waals surface area contributed by atoms with Crippen molar-refractivity contribution in [2.24, 2.45) is 22.2 Å². The maximum absolute atomic E-state index is 2.54. The fourth-order valence-corrected chi connectivity index (χ4v) is 4.90. The molecule has 3 aliphatic rings.